The first-order valence-corrected chi connectivity index (χ1v) is 9.97. The molecule has 0 aliphatic rings. The highest BCUT2D eigenvalue weighted by atomic mass is 19.4. The zero-order valence-electron chi connectivity index (χ0n) is 17.7. The second-order valence-corrected chi connectivity index (χ2v) is 7.25. The van der Waals surface area contributed by atoms with E-state index >= 15 is 0 Å². The molecule has 2 N–H and O–H groups in total. The normalized spacial score (nSPS) is 13.0. The van der Waals surface area contributed by atoms with E-state index in [-0.39, 0.29) is 36.8 Å². The fraction of sp³-hybridized carbons (Fsp3) is 0.348. The number of nitrogens with one attached hydrogen (secondary N) is 2. The molecule has 172 valence electrons. The van der Waals surface area contributed by atoms with Gasteiger partial charge < -0.3 is 15.4 Å². The van der Waals surface area contributed by atoms with E-state index in [4.69, 9.17) is 0 Å². The van der Waals surface area contributed by atoms with E-state index in [1.165, 1.54) is 12.1 Å². The molecule has 0 aromatic heterocycles. The highest BCUT2D eigenvalue weighted by molar-refractivity contribution is 5.87. The molecule has 0 saturated heterocycles. The van der Waals surface area contributed by atoms with Gasteiger partial charge in [0, 0.05) is 19.3 Å². The SMILES string of the molecule is COC(=O)[C@@H](Cc1cccc(C(F)(F)F)c1)NC(=O)CCC(=O)N[C@H](C)c1ccccc1. The zero-order valence-corrected chi connectivity index (χ0v) is 17.7. The molecule has 9 heteroatoms. The molecule has 0 unspecified atom stereocenters. The summed E-state index contributed by atoms with van der Waals surface area (Å²) in [6.07, 6.45) is -5.01. The summed E-state index contributed by atoms with van der Waals surface area (Å²) >= 11 is 0. The highest BCUT2D eigenvalue weighted by Crippen LogP contribution is 2.29. The Bertz CT molecular complexity index is 932. The first kappa shape index (κ1) is 24.9. The summed E-state index contributed by atoms with van der Waals surface area (Å²) in [6, 6.07) is 12.4. The summed E-state index contributed by atoms with van der Waals surface area (Å²) < 4.78 is 43.4. The maximum absolute atomic E-state index is 12.9. The summed E-state index contributed by atoms with van der Waals surface area (Å²) in [5.41, 5.74) is 0.274. The number of carbonyl (C=O) groups is 3. The van der Waals surface area contributed by atoms with Gasteiger partial charge in [0.25, 0.3) is 0 Å². The zero-order chi connectivity index (χ0) is 23.7. The smallest absolute Gasteiger partial charge is 0.416 e. The van der Waals surface area contributed by atoms with Gasteiger partial charge in [-0.2, -0.15) is 13.2 Å². The van der Waals surface area contributed by atoms with Crippen LogP contribution < -0.4 is 10.6 Å². The van der Waals surface area contributed by atoms with E-state index in [1.54, 1.807) is 0 Å². The third-order valence-corrected chi connectivity index (χ3v) is 4.77. The summed E-state index contributed by atoms with van der Waals surface area (Å²) in [5.74, 6) is -1.73. The van der Waals surface area contributed by atoms with Crippen molar-refractivity contribution in [2.45, 2.75) is 44.4 Å². The topological polar surface area (TPSA) is 84.5 Å². The Kier molecular flexibility index (Phi) is 8.80. The first-order valence-electron chi connectivity index (χ1n) is 9.97. The average molecular weight is 450 g/mol. The van der Waals surface area contributed by atoms with Crippen molar-refractivity contribution in [3.05, 3.63) is 71.3 Å². The lowest BCUT2D eigenvalue weighted by Gasteiger charge is -2.18. The molecular formula is C23H25F3N2O4. The molecule has 2 amide bonds. The molecule has 0 aliphatic heterocycles. The summed E-state index contributed by atoms with van der Waals surface area (Å²) in [6.45, 7) is 1.82. The Morgan fingerprint density at radius 1 is 0.938 bits per heavy atom. The summed E-state index contributed by atoms with van der Waals surface area (Å²) in [7, 11) is 1.12. The second-order valence-electron chi connectivity index (χ2n) is 7.25. The lowest BCUT2D eigenvalue weighted by Crippen LogP contribution is -2.43. The second kappa shape index (κ2) is 11.3. The fourth-order valence-corrected chi connectivity index (χ4v) is 3.08. The Morgan fingerprint density at radius 2 is 1.56 bits per heavy atom. The quantitative estimate of drug-likeness (QED) is 0.572. The maximum atomic E-state index is 12.9. The number of hydrogen-bond acceptors (Lipinski definition) is 4. The van der Waals surface area contributed by atoms with Gasteiger partial charge in [0.05, 0.1) is 18.7 Å². The van der Waals surface area contributed by atoms with Crippen molar-refractivity contribution in [1.29, 1.82) is 0 Å². The Balaban J connectivity index is 1.92. The lowest BCUT2D eigenvalue weighted by molar-refractivity contribution is -0.145. The van der Waals surface area contributed by atoms with Gasteiger partial charge in [-0.1, -0.05) is 48.5 Å². The first-order chi connectivity index (χ1) is 15.1. The van der Waals surface area contributed by atoms with E-state index in [2.05, 4.69) is 15.4 Å². The molecule has 2 aromatic rings. The Labute approximate surface area is 184 Å². The molecule has 2 aromatic carbocycles. The van der Waals surface area contributed by atoms with Crippen LogP contribution in [-0.2, 0) is 31.7 Å². The molecule has 0 aliphatic carbocycles. The van der Waals surface area contributed by atoms with Crippen molar-refractivity contribution >= 4 is 17.8 Å². The van der Waals surface area contributed by atoms with Crippen molar-refractivity contribution in [2.75, 3.05) is 7.11 Å². The van der Waals surface area contributed by atoms with Crippen LogP contribution in [0.15, 0.2) is 54.6 Å². The van der Waals surface area contributed by atoms with E-state index in [9.17, 15) is 27.6 Å². The Morgan fingerprint density at radius 3 is 2.16 bits per heavy atom. The number of esters is 1. The molecule has 0 radical (unpaired) electrons. The van der Waals surface area contributed by atoms with Crippen LogP contribution in [0.5, 0.6) is 0 Å². The summed E-state index contributed by atoms with van der Waals surface area (Å²) in [4.78, 5) is 36.4. The number of alkyl halides is 3. The summed E-state index contributed by atoms with van der Waals surface area (Å²) in [5, 5.41) is 5.22. The fourth-order valence-electron chi connectivity index (χ4n) is 3.08. The van der Waals surface area contributed by atoms with Gasteiger partial charge in [-0.3, -0.25) is 9.59 Å². The van der Waals surface area contributed by atoms with Crippen LogP contribution in [0.1, 0.15) is 42.5 Å². The number of rotatable bonds is 9. The van der Waals surface area contributed by atoms with E-state index < -0.39 is 29.7 Å². The predicted molar refractivity (Wildman–Crippen MR) is 111 cm³/mol. The van der Waals surface area contributed by atoms with Gasteiger partial charge in [-0.25, -0.2) is 4.79 Å². The van der Waals surface area contributed by atoms with Crippen LogP contribution >= 0.6 is 0 Å². The molecule has 0 heterocycles. The van der Waals surface area contributed by atoms with E-state index in [0.717, 1.165) is 24.8 Å². The van der Waals surface area contributed by atoms with Crippen LogP contribution in [-0.4, -0.2) is 30.9 Å². The number of halogens is 3. The van der Waals surface area contributed by atoms with Crippen LogP contribution in [0.25, 0.3) is 0 Å². The third kappa shape index (κ3) is 7.72. The van der Waals surface area contributed by atoms with Gasteiger partial charge in [0.2, 0.25) is 11.8 Å². The van der Waals surface area contributed by atoms with Crippen LogP contribution in [0.2, 0.25) is 0 Å². The number of benzene rings is 2. The number of carbonyl (C=O) groups excluding carboxylic acids is 3. The number of amides is 2. The predicted octanol–water partition coefficient (Wildman–Crippen LogP) is 3.56. The minimum atomic E-state index is -4.52. The highest BCUT2D eigenvalue weighted by Gasteiger charge is 2.31. The van der Waals surface area contributed by atoms with Crippen molar-refractivity contribution < 1.29 is 32.3 Å². The minimum absolute atomic E-state index is 0.111. The molecule has 0 bridgehead atoms. The largest absolute Gasteiger partial charge is 0.467 e. The molecule has 0 fully saturated rings. The molecule has 6 nitrogen and oxygen atoms in total. The van der Waals surface area contributed by atoms with Gasteiger partial charge >= 0.3 is 12.1 Å². The van der Waals surface area contributed by atoms with Gasteiger partial charge in [0.15, 0.2) is 0 Å². The molecular weight excluding hydrogens is 425 g/mol. The molecule has 2 rings (SSSR count). The van der Waals surface area contributed by atoms with Gasteiger partial charge in [-0.15, -0.1) is 0 Å². The van der Waals surface area contributed by atoms with Gasteiger partial charge in [-0.05, 0) is 24.1 Å². The van der Waals surface area contributed by atoms with E-state index in [0.29, 0.717) is 0 Å². The Hall–Kier alpha value is -3.36. The maximum Gasteiger partial charge on any atom is 0.416 e. The number of methoxy groups -OCH3 is 1. The monoisotopic (exact) mass is 450 g/mol. The molecule has 0 saturated carbocycles. The number of ether oxygens (including phenoxy) is 1. The minimum Gasteiger partial charge on any atom is -0.467 e. The van der Waals surface area contributed by atoms with Crippen molar-refractivity contribution in [1.82, 2.24) is 10.6 Å². The van der Waals surface area contributed by atoms with Crippen molar-refractivity contribution in [3.8, 4) is 0 Å². The number of hydrogen-bond donors (Lipinski definition) is 2. The van der Waals surface area contributed by atoms with Crippen LogP contribution in [0.3, 0.4) is 0 Å². The van der Waals surface area contributed by atoms with Crippen molar-refractivity contribution in [2.24, 2.45) is 0 Å². The molecule has 2 atom stereocenters. The molecule has 32 heavy (non-hydrogen) atoms. The van der Waals surface area contributed by atoms with Crippen molar-refractivity contribution in [3.63, 3.8) is 0 Å². The standard InChI is InChI=1S/C23H25F3N2O4/c1-15(17-8-4-3-5-9-17)27-20(29)11-12-21(30)28-19(22(31)32-2)14-16-7-6-10-18(13-16)23(24,25)26/h3-10,13,15,19H,11-12,14H2,1-2H3,(H,27,29)(H,28,30)/t15-,19-/m1/s1. The van der Waals surface area contributed by atoms with Crippen LogP contribution in [0.4, 0.5) is 13.2 Å². The lowest BCUT2D eigenvalue weighted by atomic mass is 10.0. The van der Waals surface area contributed by atoms with E-state index in [1.807, 2.05) is 37.3 Å². The van der Waals surface area contributed by atoms with Gasteiger partial charge in [0.1, 0.15) is 6.04 Å². The van der Waals surface area contributed by atoms with Crippen LogP contribution in [0, 0.1) is 0 Å². The average Bonchev–Trinajstić information content (AvgIpc) is 2.77. The third-order valence-electron chi connectivity index (χ3n) is 4.77. The molecule has 0 spiro atoms.